The molecule has 2 atom stereocenters. The molecule has 1 rings (SSSR count). The zero-order chi connectivity index (χ0) is 9.84. The summed E-state index contributed by atoms with van der Waals surface area (Å²) >= 11 is 0. The van der Waals surface area contributed by atoms with Crippen molar-refractivity contribution in [3.05, 3.63) is 18.0 Å². The van der Waals surface area contributed by atoms with Crippen LogP contribution in [0.2, 0.25) is 0 Å². The monoisotopic (exact) mass is 181 g/mol. The van der Waals surface area contributed by atoms with Crippen LogP contribution in [0.5, 0.6) is 0 Å². The Morgan fingerprint density at radius 2 is 2.38 bits per heavy atom. The molecule has 0 amide bonds. The van der Waals surface area contributed by atoms with Crippen LogP contribution in [0, 0.1) is 11.3 Å². The first-order valence-corrected chi connectivity index (χ1v) is 3.97. The van der Waals surface area contributed by atoms with Crippen molar-refractivity contribution < 1.29 is 10.2 Å². The molecular formula is C8H11N3O2. The van der Waals surface area contributed by atoms with E-state index in [0.29, 0.717) is 12.1 Å². The molecule has 70 valence electrons. The third kappa shape index (κ3) is 2.05. The standard InChI is InChI=1S/C8H11N3O2/c1-2-11-5-6(4-10-11)8(13)7(12)3-9/h4-5,7-8,12-13H,2H2,1H3. The Bertz CT molecular complexity index is 315. The molecular weight excluding hydrogens is 170 g/mol. The lowest BCUT2D eigenvalue weighted by molar-refractivity contribution is 0.0527. The van der Waals surface area contributed by atoms with Gasteiger partial charge in [-0.15, -0.1) is 0 Å². The van der Waals surface area contributed by atoms with Crippen molar-refractivity contribution >= 4 is 0 Å². The number of hydrogen-bond acceptors (Lipinski definition) is 4. The lowest BCUT2D eigenvalue weighted by Crippen LogP contribution is -2.15. The van der Waals surface area contributed by atoms with Crippen LogP contribution in [-0.2, 0) is 6.54 Å². The quantitative estimate of drug-likeness (QED) is 0.634. The van der Waals surface area contributed by atoms with Crippen LogP contribution >= 0.6 is 0 Å². The van der Waals surface area contributed by atoms with Gasteiger partial charge in [0.25, 0.3) is 0 Å². The van der Waals surface area contributed by atoms with Gasteiger partial charge in [-0.2, -0.15) is 10.4 Å². The van der Waals surface area contributed by atoms with Gasteiger partial charge in [0.05, 0.1) is 12.3 Å². The summed E-state index contributed by atoms with van der Waals surface area (Å²) < 4.78 is 1.61. The van der Waals surface area contributed by atoms with E-state index in [9.17, 15) is 5.11 Å². The predicted molar refractivity (Wildman–Crippen MR) is 44.5 cm³/mol. The number of rotatable bonds is 3. The highest BCUT2D eigenvalue weighted by Crippen LogP contribution is 2.15. The molecule has 0 saturated heterocycles. The molecule has 2 N–H and O–H groups in total. The van der Waals surface area contributed by atoms with Gasteiger partial charge in [0.2, 0.25) is 0 Å². The largest absolute Gasteiger partial charge is 0.384 e. The van der Waals surface area contributed by atoms with Crippen LogP contribution in [0.1, 0.15) is 18.6 Å². The highest BCUT2D eigenvalue weighted by molar-refractivity contribution is 5.12. The van der Waals surface area contributed by atoms with Crippen molar-refractivity contribution in [3.8, 4) is 6.07 Å². The predicted octanol–water partition coefficient (Wildman–Crippen LogP) is -0.179. The molecule has 0 radical (unpaired) electrons. The van der Waals surface area contributed by atoms with E-state index in [1.54, 1.807) is 16.9 Å². The van der Waals surface area contributed by atoms with E-state index in [0.717, 1.165) is 0 Å². The molecule has 0 bridgehead atoms. The van der Waals surface area contributed by atoms with Crippen LogP contribution in [0.4, 0.5) is 0 Å². The lowest BCUT2D eigenvalue weighted by Gasteiger charge is -2.07. The van der Waals surface area contributed by atoms with E-state index in [1.807, 2.05) is 6.92 Å². The van der Waals surface area contributed by atoms with E-state index < -0.39 is 12.2 Å². The molecule has 13 heavy (non-hydrogen) atoms. The zero-order valence-corrected chi connectivity index (χ0v) is 7.25. The summed E-state index contributed by atoms with van der Waals surface area (Å²) in [4.78, 5) is 0. The van der Waals surface area contributed by atoms with Crippen LogP contribution in [0.15, 0.2) is 12.4 Å². The fraction of sp³-hybridized carbons (Fsp3) is 0.500. The van der Waals surface area contributed by atoms with E-state index >= 15 is 0 Å². The zero-order valence-electron chi connectivity index (χ0n) is 7.25. The first kappa shape index (κ1) is 9.71. The van der Waals surface area contributed by atoms with Gasteiger partial charge < -0.3 is 10.2 Å². The average Bonchev–Trinajstić information content (AvgIpc) is 2.63. The minimum Gasteiger partial charge on any atom is -0.384 e. The summed E-state index contributed by atoms with van der Waals surface area (Å²) in [6.45, 7) is 2.60. The highest BCUT2D eigenvalue weighted by atomic mass is 16.3. The maximum atomic E-state index is 9.37. The Morgan fingerprint density at radius 1 is 1.69 bits per heavy atom. The van der Waals surface area contributed by atoms with Gasteiger partial charge in [0.15, 0.2) is 6.10 Å². The van der Waals surface area contributed by atoms with Gasteiger partial charge in [-0.25, -0.2) is 0 Å². The Kier molecular flexibility index (Phi) is 3.01. The maximum absolute atomic E-state index is 9.37. The van der Waals surface area contributed by atoms with E-state index in [1.165, 1.54) is 6.20 Å². The van der Waals surface area contributed by atoms with E-state index in [4.69, 9.17) is 10.4 Å². The minimum absolute atomic E-state index is 0.455. The molecule has 2 unspecified atom stereocenters. The van der Waals surface area contributed by atoms with Gasteiger partial charge in [0.1, 0.15) is 6.10 Å². The van der Waals surface area contributed by atoms with Crippen molar-refractivity contribution in [2.75, 3.05) is 0 Å². The molecule has 1 aromatic heterocycles. The molecule has 0 aliphatic rings. The summed E-state index contributed by atoms with van der Waals surface area (Å²) in [6, 6.07) is 1.56. The average molecular weight is 181 g/mol. The summed E-state index contributed by atoms with van der Waals surface area (Å²) in [5.41, 5.74) is 0.455. The number of aliphatic hydroxyl groups excluding tert-OH is 2. The lowest BCUT2D eigenvalue weighted by atomic mass is 10.1. The first-order chi connectivity index (χ1) is 6.19. The molecule has 0 aliphatic carbocycles. The van der Waals surface area contributed by atoms with E-state index in [2.05, 4.69) is 5.10 Å². The van der Waals surface area contributed by atoms with Crippen molar-refractivity contribution in [2.24, 2.45) is 0 Å². The number of aromatic nitrogens is 2. The van der Waals surface area contributed by atoms with Crippen molar-refractivity contribution in [1.29, 1.82) is 5.26 Å². The fourth-order valence-electron chi connectivity index (χ4n) is 0.958. The van der Waals surface area contributed by atoms with Crippen LogP contribution in [-0.4, -0.2) is 26.1 Å². The van der Waals surface area contributed by atoms with Gasteiger partial charge in [0, 0.05) is 18.3 Å². The number of hydrogen-bond donors (Lipinski definition) is 2. The Morgan fingerprint density at radius 3 is 2.85 bits per heavy atom. The van der Waals surface area contributed by atoms with Gasteiger partial charge in [-0.1, -0.05) is 0 Å². The van der Waals surface area contributed by atoms with E-state index in [-0.39, 0.29) is 0 Å². The normalized spacial score (nSPS) is 14.9. The number of aryl methyl sites for hydroxylation is 1. The summed E-state index contributed by atoms with van der Waals surface area (Å²) in [5.74, 6) is 0. The molecule has 0 aromatic carbocycles. The molecule has 0 aliphatic heterocycles. The highest BCUT2D eigenvalue weighted by Gasteiger charge is 2.18. The molecule has 1 aromatic rings. The summed E-state index contributed by atoms with van der Waals surface area (Å²) in [5, 5.41) is 30.6. The smallest absolute Gasteiger partial charge is 0.170 e. The van der Waals surface area contributed by atoms with Crippen LogP contribution in [0.3, 0.4) is 0 Å². The Labute approximate surface area is 75.8 Å². The number of nitrogens with zero attached hydrogens (tertiary/aromatic N) is 3. The SMILES string of the molecule is CCn1cc(C(O)C(O)C#N)cn1. The molecule has 1 heterocycles. The van der Waals surface area contributed by atoms with Gasteiger partial charge in [-0.05, 0) is 6.92 Å². The third-order valence-electron chi connectivity index (χ3n) is 1.75. The Hall–Kier alpha value is -1.38. The second-order valence-corrected chi connectivity index (χ2v) is 2.65. The number of aliphatic hydroxyl groups is 2. The maximum Gasteiger partial charge on any atom is 0.170 e. The summed E-state index contributed by atoms with van der Waals surface area (Å²) in [7, 11) is 0. The van der Waals surface area contributed by atoms with Crippen molar-refractivity contribution in [3.63, 3.8) is 0 Å². The van der Waals surface area contributed by atoms with Crippen LogP contribution in [0.25, 0.3) is 0 Å². The van der Waals surface area contributed by atoms with Gasteiger partial charge in [-0.3, -0.25) is 4.68 Å². The van der Waals surface area contributed by atoms with Crippen molar-refractivity contribution in [2.45, 2.75) is 25.7 Å². The Balaban J connectivity index is 2.78. The molecule has 0 fully saturated rings. The molecule has 0 saturated carbocycles. The van der Waals surface area contributed by atoms with Crippen molar-refractivity contribution in [1.82, 2.24) is 9.78 Å². The van der Waals surface area contributed by atoms with Gasteiger partial charge >= 0.3 is 0 Å². The first-order valence-electron chi connectivity index (χ1n) is 3.97. The topological polar surface area (TPSA) is 82.1 Å². The molecule has 0 spiro atoms. The second kappa shape index (κ2) is 4.03. The number of nitriles is 1. The minimum atomic E-state index is -1.39. The summed E-state index contributed by atoms with van der Waals surface area (Å²) in [6.07, 6.45) is 0.472. The molecule has 5 nitrogen and oxygen atoms in total. The second-order valence-electron chi connectivity index (χ2n) is 2.65. The molecule has 5 heteroatoms. The third-order valence-corrected chi connectivity index (χ3v) is 1.75. The fourth-order valence-corrected chi connectivity index (χ4v) is 0.958. The van der Waals surface area contributed by atoms with Crippen LogP contribution < -0.4 is 0 Å².